The first-order valence-electron chi connectivity index (χ1n) is 7.47. The normalized spacial score (nSPS) is 11.8. The van der Waals surface area contributed by atoms with Crippen molar-refractivity contribution in [3.63, 3.8) is 0 Å². The van der Waals surface area contributed by atoms with Crippen LogP contribution in [0.2, 0.25) is 4.34 Å². The van der Waals surface area contributed by atoms with Gasteiger partial charge in [-0.25, -0.2) is 0 Å². The minimum Gasteiger partial charge on any atom is -0.494 e. The maximum atomic E-state index is 12.0. The van der Waals surface area contributed by atoms with Crippen LogP contribution < -0.4 is 10.1 Å². The van der Waals surface area contributed by atoms with Crippen LogP contribution in [-0.2, 0) is 11.2 Å². The summed E-state index contributed by atoms with van der Waals surface area (Å²) in [4.78, 5) is 23.9. The Bertz CT molecular complexity index is 699. The number of benzene rings is 1. The largest absolute Gasteiger partial charge is 0.494 e. The molecule has 1 aromatic carbocycles. The predicted molar refractivity (Wildman–Crippen MR) is 94.1 cm³/mol. The molecule has 2 N–H and O–H groups in total. The van der Waals surface area contributed by atoms with Crippen LogP contribution in [0.3, 0.4) is 0 Å². The van der Waals surface area contributed by atoms with Gasteiger partial charge in [0, 0.05) is 6.54 Å². The molecule has 0 aliphatic carbocycles. The highest BCUT2D eigenvalue weighted by Gasteiger charge is 2.20. The van der Waals surface area contributed by atoms with Crippen LogP contribution in [0.15, 0.2) is 36.4 Å². The Morgan fingerprint density at radius 2 is 1.96 bits per heavy atom. The van der Waals surface area contributed by atoms with Gasteiger partial charge in [-0.05, 0) is 43.2 Å². The summed E-state index contributed by atoms with van der Waals surface area (Å²) < 4.78 is 5.88. The fraction of sp³-hybridized carbons (Fsp3) is 0.294. The summed E-state index contributed by atoms with van der Waals surface area (Å²) in [6.07, 6.45) is 0.327. The van der Waals surface area contributed by atoms with Gasteiger partial charge in [0.1, 0.15) is 5.75 Å². The smallest absolute Gasteiger partial charge is 0.308 e. The van der Waals surface area contributed by atoms with E-state index in [-0.39, 0.29) is 12.5 Å². The Labute approximate surface area is 149 Å². The molecule has 2 rings (SSSR count). The zero-order valence-corrected chi connectivity index (χ0v) is 14.7. The van der Waals surface area contributed by atoms with Gasteiger partial charge in [-0.1, -0.05) is 23.7 Å². The van der Waals surface area contributed by atoms with Gasteiger partial charge >= 0.3 is 5.97 Å². The number of nitrogens with one attached hydrogen (secondary N) is 1. The Hall–Kier alpha value is -2.05. The molecule has 1 aromatic heterocycles. The van der Waals surface area contributed by atoms with Crippen LogP contribution in [0.5, 0.6) is 5.75 Å². The molecule has 0 aliphatic heterocycles. The van der Waals surface area contributed by atoms with Gasteiger partial charge in [0.25, 0.3) is 5.91 Å². The first kappa shape index (κ1) is 18.3. The Kier molecular flexibility index (Phi) is 6.63. The number of rotatable bonds is 8. The molecule has 0 spiro atoms. The van der Waals surface area contributed by atoms with Crippen LogP contribution in [0, 0.1) is 5.92 Å². The van der Waals surface area contributed by atoms with E-state index in [0.29, 0.717) is 22.2 Å². The zero-order chi connectivity index (χ0) is 17.5. The van der Waals surface area contributed by atoms with Crippen molar-refractivity contribution in [2.75, 3.05) is 13.2 Å². The molecule has 0 radical (unpaired) electrons. The van der Waals surface area contributed by atoms with Crippen LogP contribution in [-0.4, -0.2) is 30.1 Å². The summed E-state index contributed by atoms with van der Waals surface area (Å²) in [6.45, 7) is 2.53. The quantitative estimate of drug-likeness (QED) is 0.749. The summed E-state index contributed by atoms with van der Waals surface area (Å²) in [5.74, 6) is -1.23. The maximum absolute atomic E-state index is 12.0. The molecule has 0 aliphatic rings. The van der Waals surface area contributed by atoms with Gasteiger partial charge in [-0.2, -0.15) is 0 Å². The minimum atomic E-state index is -0.951. The van der Waals surface area contributed by atoms with Crippen molar-refractivity contribution in [2.45, 2.75) is 13.3 Å². The van der Waals surface area contributed by atoms with E-state index in [1.54, 1.807) is 12.1 Å². The molecule has 0 bridgehead atoms. The topological polar surface area (TPSA) is 75.6 Å². The molecular formula is C17H18ClNO4S. The second-order valence-corrected chi connectivity index (χ2v) is 6.85. The molecule has 1 heterocycles. The number of halogens is 1. The van der Waals surface area contributed by atoms with Gasteiger partial charge in [0.2, 0.25) is 0 Å². The fourth-order valence-electron chi connectivity index (χ4n) is 2.16. The second-order valence-electron chi connectivity index (χ2n) is 5.13. The molecule has 0 fully saturated rings. The van der Waals surface area contributed by atoms with Crippen LogP contribution in [0.4, 0.5) is 0 Å². The summed E-state index contributed by atoms with van der Waals surface area (Å²) in [5.41, 5.74) is 0.874. The SMILES string of the molecule is CCOc1ccc(CC(CNC(=O)c2ccc(Cl)s2)C(=O)O)cc1. The molecular weight excluding hydrogens is 350 g/mol. The van der Waals surface area contributed by atoms with Crippen LogP contribution in [0.25, 0.3) is 0 Å². The monoisotopic (exact) mass is 367 g/mol. The Morgan fingerprint density at radius 3 is 2.50 bits per heavy atom. The number of hydrogen-bond donors (Lipinski definition) is 2. The van der Waals surface area contributed by atoms with Crippen molar-refractivity contribution in [3.8, 4) is 5.75 Å². The Balaban J connectivity index is 1.94. The number of ether oxygens (including phenoxy) is 1. The highest BCUT2D eigenvalue weighted by Crippen LogP contribution is 2.21. The second kappa shape index (κ2) is 8.70. The van der Waals surface area contributed by atoms with Gasteiger partial charge < -0.3 is 15.2 Å². The highest BCUT2D eigenvalue weighted by atomic mass is 35.5. The van der Waals surface area contributed by atoms with Crippen molar-refractivity contribution >= 4 is 34.8 Å². The van der Waals surface area contributed by atoms with E-state index in [1.165, 1.54) is 0 Å². The van der Waals surface area contributed by atoms with Gasteiger partial charge in [0.05, 0.1) is 21.7 Å². The molecule has 0 saturated carbocycles. The van der Waals surface area contributed by atoms with E-state index in [2.05, 4.69) is 5.32 Å². The Morgan fingerprint density at radius 1 is 1.25 bits per heavy atom. The molecule has 5 nitrogen and oxygen atoms in total. The third kappa shape index (κ3) is 5.25. The van der Waals surface area contributed by atoms with Crippen LogP contribution in [0.1, 0.15) is 22.2 Å². The third-order valence-electron chi connectivity index (χ3n) is 3.37. The zero-order valence-electron chi connectivity index (χ0n) is 13.1. The number of carboxylic acid groups (broad SMARTS) is 1. The van der Waals surface area contributed by atoms with Crippen LogP contribution >= 0.6 is 22.9 Å². The number of carbonyl (C=O) groups excluding carboxylic acids is 1. The third-order valence-corrected chi connectivity index (χ3v) is 4.60. The lowest BCUT2D eigenvalue weighted by Crippen LogP contribution is -2.33. The number of carboxylic acids is 1. The maximum Gasteiger partial charge on any atom is 0.308 e. The highest BCUT2D eigenvalue weighted by molar-refractivity contribution is 7.17. The van der Waals surface area contributed by atoms with Gasteiger partial charge in [0.15, 0.2) is 0 Å². The average molecular weight is 368 g/mol. The number of aliphatic carboxylic acids is 1. The summed E-state index contributed by atoms with van der Waals surface area (Å²) in [5, 5.41) is 12.0. The lowest BCUT2D eigenvalue weighted by atomic mass is 9.99. The molecule has 128 valence electrons. The molecule has 1 unspecified atom stereocenters. The summed E-state index contributed by atoms with van der Waals surface area (Å²) >= 11 is 6.95. The minimum absolute atomic E-state index is 0.0525. The van der Waals surface area contributed by atoms with E-state index in [0.717, 1.165) is 22.6 Å². The summed E-state index contributed by atoms with van der Waals surface area (Å²) in [6, 6.07) is 10.5. The van der Waals surface area contributed by atoms with E-state index in [1.807, 2.05) is 31.2 Å². The van der Waals surface area contributed by atoms with E-state index in [9.17, 15) is 14.7 Å². The van der Waals surface area contributed by atoms with Crippen molar-refractivity contribution in [2.24, 2.45) is 5.92 Å². The van der Waals surface area contributed by atoms with Crippen molar-refractivity contribution < 1.29 is 19.4 Å². The fourth-order valence-corrected chi connectivity index (χ4v) is 3.12. The molecule has 24 heavy (non-hydrogen) atoms. The lowest BCUT2D eigenvalue weighted by Gasteiger charge is -2.13. The molecule has 1 amide bonds. The number of carbonyl (C=O) groups is 2. The predicted octanol–water partition coefficient (Wildman–Crippen LogP) is 3.47. The van der Waals surface area contributed by atoms with Gasteiger partial charge in [-0.15, -0.1) is 11.3 Å². The van der Waals surface area contributed by atoms with E-state index >= 15 is 0 Å². The lowest BCUT2D eigenvalue weighted by molar-refractivity contribution is -0.141. The average Bonchev–Trinajstić information content (AvgIpc) is 2.99. The van der Waals surface area contributed by atoms with Gasteiger partial charge in [-0.3, -0.25) is 9.59 Å². The molecule has 7 heteroatoms. The van der Waals surface area contributed by atoms with Crippen molar-refractivity contribution in [1.82, 2.24) is 5.32 Å². The summed E-state index contributed by atoms with van der Waals surface area (Å²) in [7, 11) is 0. The first-order valence-corrected chi connectivity index (χ1v) is 8.67. The van der Waals surface area contributed by atoms with Crippen molar-refractivity contribution in [3.05, 3.63) is 51.2 Å². The molecule has 2 aromatic rings. The number of amides is 1. The van der Waals surface area contributed by atoms with Crippen molar-refractivity contribution in [1.29, 1.82) is 0 Å². The molecule has 1 atom stereocenters. The first-order chi connectivity index (χ1) is 11.5. The standard InChI is InChI=1S/C17H18ClNO4S/c1-2-23-13-5-3-11(4-6-13)9-12(17(21)22)10-19-16(20)14-7-8-15(18)24-14/h3-8,12H,2,9-10H2,1H3,(H,19,20)(H,21,22). The number of thiophene rings is 1. The van der Waals surface area contributed by atoms with E-state index < -0.39 is 11.9 Å². The van der Waals surface area contributed by atoms with E-state index in [4.69, 9.17) is 16.3 Å². The number of hydrogen-bond acceptors (Lipinski definition) is 4. The molecule has 0 saturated heterocycles.